The number of hydrogen-bond acceptors (Lipinski definition) is 2. The van der Waals surface area contributed by atoms with Crippen molar-refractivity contribution in [3.63, 3.8) is 0 Å². The predicted molar refractivity (Wildman–Crippen MR) is 55.3 cm³/mol. The average Bonchev–Trinajstić information content (AvgIpc) is 2.01. The van der Waals surface area contributed by atoms with Crippen molar-refractivity contribution in [2.45, 2.75) is 18.9 Å². The Labute approximate surface area is 71.3 Å². The molecule has 0 spiro atoms. The molecule has 0 aromatic rings. The van der Waals surface area contributed by atoms with Crippen LogP contribution in [0.3, 0.4) is 0 Å². The maximum absolute atomic E-state index is 5.69. The molecule has 10 heavy (non-hydrogen) atoms. The number of rotatable bonds is 0. The molecule has 6 heteroatoms. The van der Waals surface area contributed by atoms with Crippen LogP contribution < -0.4 is 0 Å². The van der Waals surface area contributed by atoms with E-state index in [1.54, 1.807) is 0 Å². The molecule has 0 amide bonds. The van der Waals surface area contributed by atoms with Crippen LogP contribution in [0.1, 0.15) is 12.8 Å². The summed E-state index contributed by atoms with van der Waals surface area (Å²) in [6, 6.07) is 1.53. The van der Waals surface area contributed by atoms with E-state index in [-0.39, 0.29) is 27.8 Å². The molecular weight excluding hydrogens is 192 g/mol. The molecule has 0 aliphatic carbocycles. The van der Waals surface area contributed by atoms with Gasteiger partial charge in [-0.1, -0.05) is 12.5 Å². The summed E-state index contributed by atoms with van der Waals surface area (Å²) in [6.07, 6.45) is 2.77. The van der Waals surface area contributed by atoms with Crippen LogP contribution in [0.15, 0.2) is 0 Å². The van der Waals surface area contributed by atoms with Crippen LogP contribution >= 0.6 is 0 Å². The molecule has 0 atom stereocenters. The number of hydrogen-bond donors (Lipinski definition) is 0. The minimum absolute atomic E-state index is 0.0692. The van der Waals surface area contributed by atoms with Gasteiger partial charge >= 0.3 is 0 Å². The van der Waals surface area contributed by atoms with Crippen LogP contribution in [0.4, 0.5) is 0 Å². The third kappa shape index (κ3) is 4.58. The van der Waals surface area contributed by atoms with Crippen molar-refractivity contribution < 1.29 is 8.54 Å². The summed E-state index contributed by atoms with van der Waals surface area (Å²) in [4.78, 5) is 0. The summed E-state index contributed by atoms with van der Waals surface area (Å²) in [5, 5.41) is 0. The van der Waals surface area contributed by atoms with Crippen LogP contribution in [0.25, 0.3) is 0 Å². The average molecular weight is 209 g/mol. The van der Waals surface area contributed by atoms with Crippen molar-refractivity contribution in [3.05, 3.63) is 0 Å². The highest BCUT2D eigenvalue weighted by molar-refractivity contribution is 7.03. The highest BCUT2D eigenvalue weighted by Gasteiger charge is 1.97. The molecule has 1 saturated heterocycles. The lowest BCUT2D eigenvalue weighted by molar-refractivity contribution is 0.332. The van der Waals surface area contributed by atoms with Gasteiger partial charge in [0.25, 0.3) is 0 Å². The molecule has 1 aliphatic heterocycles. The molecule has 0 radical (unpaired) electrons. The van der Waals surface area contributed by atoms with E-state index >= 15 is 0 Å². The molecule has 0 aromatic carbocycles. The minimum Gasteiger partial charge on any atom is -0.468 e. The zero-order valence-electron chi connectivity index (χ0n) is 6.47. The van der Waals surface area contributed by atoms with E-state index in [0.29, 0.717) is 9.04 Å². The van der Waals surface area contributed by atoms with Crippen LogP contribution in [0.2, 0.25) is 6.04 Å². The Kier molecular flexibility index (Phi) is 5.77. The van der Waals surface area contributed by atoms with Gasteiger partial charge < -0.3 is 8.54 Å². The van der Waals surface area contributed by atoms with Crippen molar-refractivity contribution in [1.82, 2.24) is 0 Å². The van der Waals surface area contributed by atoms with Crippen molar-refractivity contribution in [2.75, 3.05) is 6.61 Å². The fourth-order valence-electron chi connectivity index (χ4n) is 1.08. The van der Waals surface area contributed by atoms with Crippen LogP contribution in [0.5, 0.6) is 0 Å². The molecule has 1 fully saturated rings. The van der Waals surface area contributed by atoms with Gasteiger partial charge in [-0.25, -0.2) is 0 Å². The van der Waals surface area contributed by atoms with Crippen LogP contribution in [-0.4, -0.2) is 43.5 Å². The first-order chi connectivity index (χ1) is 5.00. The van der Waals surface area contributed by atoms with Gasteiger partial charge in [-0.05, 0) is 6.42 Å². The van der Waals surface area contributed by atoms with E-state index < -0.39 is 0 Å². The summed E-state index contributed by atoms with van der Waals surface area (Å²) in [6.45, 7) is 1.05. The topological polar surface area (TPSA) is 18.5 Å². The van der Waals surface area contributed by atoms with Crippen molar-refractivity contribution in [1.29, 1.82) is 0 Å². The maximum atomic E-state index is 5.69. The van der Waals surface area contributed by atoms with Gasteiger partial charge in [0.2, 0.25) is 0 Å². The van der Waals surface area contributed by atoms with Gasteiger partial charge in [0.05, 0.1) is 0 Å². The Morgan fingerprint density at radius 2 is 2.00 bits per heavy atom. The minimum atomic E-state index is -0.113. The fraction of sp³-hybridized carbons (Fsp3) is 1.00. The monoisotopic (exact) mass is 208 g/mol. The summed E-state index contributed by atoms with van der Waals surface area (Å²) < 4.78 is 11.2. The lowest BCUT2D eigenvalue weighted by Gasteiger charge is -2.07. The van der Waals surface area contributed by atoms with E-state index in [1.807, 2.05) is 0 Å². The summed E-state index contributed by atoms with van der Waals surface area (Å²) in [5.74, 6) is 0. The first-order valence-corrected chi connectivity index (χ1v) is 14.9. The zero-order valence-corrected chi connectivity index (χ0v) is 12.1. The Morgan fingerprint density at radius 3 is 3.00 bits per heavy atom. The Bertz CT molecular complexity index is 48.4. The van der Waals surface area contributed by atoms with E-state index in [1.165, 1.54) is 18.9 Å². The molecule has 0 bridgehead atoms. The molecule has 1 aliphatic rings. The summed E-state index contributed by atoms with van der Waals surface area (Å²) in [5.41, 5.74) is 0. The molecule has 1 rings (SSSR count). The van der Waals surface area contributed by atoms with Crippen LogP contribution in [0, 0.1) is 0 Å². The first-order valence-electron chi connectivity index (χ1n) is 4.15. The van der Waals surface area contributed by atoms with Gasteiger partial charge in [-0.15, -0.1) is 0 Å². The van der Waals surface area contributed by atoms with Gasteiger partial charge in [-0.2, -0.15) is 0 Å². The van der Waals surface area contributed by atoms with E-state index in [0.717, 1.165) is 6.61 Å². The largest absolute Gasteiger partial charge is 0.468 e. The Morgan fingerprint density at radius 1 is 1.00 bits per heavy atom. The Hall–Kier alpha value is 0.788. The maximum Gasteiger partial charge on any atom is 0.173 e. The molecule has 0 saturated carbocycles. The highest BCUT2D eigenvalue weighted by atomic mass is 29.2. The molecule has 1 heterocycles. The highest BCUT2D eigenvalue weighted by Crippen LogP contribution is 1.95. The van der Waals surface area contributed by atoms with E-state index in [2.05, 4.69) is 0 Å². The van der Waals surface area contributed by atoms with Crippen molar-refractivity contribution >= 4 is 36.9 Å². The molecule has 0 aromatic heterocycles. The summed E-state index contributed by atoms with van der Waals surface area (Å²) >= 11 is 0. The lowest BCUT2D eigenvalue weighted by atomic mass is 10.4. The van der Waals surface area contributed by atoms with Crippen molar-refractivity contribution in [3.8, 4) is 0 Å². The molecule has 0 N–H and O–H groups in total. The summed E-state index contributed by atoms with van der Waals surface area (Å²) in [7, 11) is 0.216. The molecule has 0 unspecified atom stereocenters. The standard InChI is InChI=1S/C4H16O2Si4/c1-2-4-7-9-6-10-8-5-3-1/h1-4,7-10H2. The fourth-order valence-corrected chi connectivity index (χ4v) is 17.5. The third-order valence-corrected chi connectivity index (χ3v) is 15.0. The second-order valence-corrected chi connectivity index (χ2v) is 13.1. The van der Waals surface area contributed by atoms with Gasteiger partial charge in [0.1, 0.15) is 9.28 Å². The predicted octanol–water partition coefficient (Wildman–Crippen LogP) is -2.52. The molecular formula is C4H16O2Si4. The zero-order chi connectivity index (χ0) is 7.07. The van der Waals surface area contributed by atoms with Crippen LogP contribution in [-0.2, 0) is 8.54 Å². The second-order valence-electron chi connectivity index (χ2n) is 2.64. The van der Waals surface area contributed by atoms with Gasteiger partial charge in [-0.3, -0.25) is 0 Å². The first kappa shape index (κ1) is 8.88. The smallest absolute Gasteiger partial charge is 0.173 e. The van der Waals surface area contributed by atoms with Crippen molar-refractivity contribution in [2.24, 2.45) is 0 Å². The normalized spacial score (nSPS) is 33.6. The van der Waals surface area contributed by atoms with E-state index in [4.69, 9.17) is 8.54 Å². The van der Waals surface area contributed by atoms with Gasteiger partial charge in [0.15, 0.2) is 18.6 Å². The second kappa shape index (κ2) is 6.49. The van der Waals surface area contributed by atoms with Gasteiger partial charge in [0, 0.05) is 15.6 Å². The third-order valence-electron chi connectivity index (χ3n) is 1.70. The quantitative estimate of drug-likeness (QED) is 0.409. The Balaban J connectivity index is 2.00. The molecule has 2 nitrogen and oxygen atoms in total. The van der Waals surface area contributed by atoms with E-state index in [9.17, 15) is 0 Å². The lowest BCUT2D eigenvalue weighted by Crippen LogP contribution is -2.20. The molecule has 60 valence electrons. The SMILES string of the molecule is C1CC[SiH2][SiH2]O[SiH2][SiH2]OC1.